The van der Waals surface area contributed by atoms with Crippen LogP contribution in [0.4, 0.5) is 0 Å². The Labute approximate surface area is 115 Å². The Bertz CT molecular complexity index is 460. The second-order valence-electron chi connectivity index (χ2n) is 5.89. The van der Waals surface area contributed by atoms with E-state index in [1.807, 2.05) is 40.7 Å². The van der Waals surface area contributed by atoms with Crippen molar-refractivity contribution in [3.63, 3.8) is 0 Å². The van der Waals surface area contributed by atoms with Gasteiger partial charge < -0.3 is 5.32 Å². The lowest BCUT2D eigenvalue weighted by molar-refractivity contribution is -0.122. The lowest BCUT2D eigenvalue weighted by Crippen LogP contribution is -2.42. The number of carbonyl (C=O) groups is 1. The Morgan fingerprint density at radius 1 is 1.11 bits per heavy atom. The van der Waals surface area contributed by atoms with Crippen molar-refractivity contribution in [2.45, 2.75) is 52.5 Å². The SMILES string of the molecule is Cc1cc(C)c(C(Cl)C(=O)NC(C)(C)C)cc1C. The molecule has 18 heavy (non-hydrogen) atoms. The number of benzene rings is 1. The lowest BCUT2D eigenvalue weighted by atomic mass is 9.97. The van der Waals surface area contributed by atoms with Gasteiger partial charge in [-0.05, 0) is 63.8 Å². The molecule has 1 aromatic rings. The van der Waals surface area contributed by atoms with Crippen LogP contribution in [0.3, 0.4) is 0 Å². The minimum absolute atomic E-state index is 0.143. The Morgan fingerprint density at radius 2 is 1.61 bits per heavy atom. The van der Waals surface area contributed by atoms with Gasteiger partial charge in [-0.1, -0.05) is 12.1 Å². The highest BCUT2D eigenvalue weighted by Gasteiger charge is 2.23. The summed E-state index contributed by atoms with van der Waals surface area (Å²) in [6.07, 6.45) is 0. The topological polar surface area (TPSA) is 29.1 Å². The van der Waals surface area contributed by atoms with Crippen molar-refractivity contribution in [3.05, 3.63) is 34.4 Å². The summed E-state index contributed by atoms with van der Waals surface area (Å²) in [5, 5.41) is 2.27. The quantitative estimate of drug-likeness (QED) is 0.812. The molecule has 0 spiro atoms. The zero-order chi connectivity index (χ0) is 14.1. The highest BCUT2D eigenvalue weighted by molar-refractivity contribution is 6.31. The predicted molar refractivity (Wildman–Crippen MR) is 77.1 cm³/mol. The van der Waals surface area contributed by atoms with Gasteiger partial charge in [0.15, 0.2) is 0 Å². The van der Waals surface area contributed by atoms with Gasteiger partial charge in [0.25, 0.3) is 0 Å². The average molecular weight is 268 g/mol. The van der Waals surface area contributed by atoms with E-state index < -0.39 is 5.38 Å². The van der Waals surface area contributed by atoms with Crippen LogP contribution in [0.2, 0.25) is 0 Å². The van der Waals surface area contributed by atoms with Crippen LogP contribution in [0.15, 0.2) is 12.1 Å². The standard InChI is InChI=1S/C15H22ClNO/c1-9-7-11(3)12(8-10(9)2)13(16)14(18)17-15(4,5)6/h7-8,13H,1-6H3,(H,17,18). The van der Waals surface area contributed by atoms with Gasteiger partial charge in [0.05, 0.1) is 0 Å². The number of carbonyl (C=O) groups excluding carboxylic acids is 1. The third-order valence-corrected chi connectivity index (χ3v) is 3.32. The zero-order valence-corrected chi connectivity index (χ0v) is 12.8. The van der Waals surface area contributed by atoms with E-state index in [0.29, 0.717) is 0 Å². The van der Waals surface area contributed by atoms with Crippen LogP contribution in [0.5, 0.6) is 0 Å². The van der Waals surface area contributed by atoms with Gasteiger partial charge in [-0.15, -0.1) is 11.6 Å². The molecule has 0 bridgehead atoms. The van der Waals surface area contributed by atoms with Gasteiger partial charge in [0, 0.05) is 5.54 Å². The molecule has 1 N–H and O–H groups in total. The monoisotopic (exact) mass is 267 g/mol. The van der Waals surface area contributed by atoms with Gasteiger partial charge in [0.2, 0.25) is 5.91 Å². The number of aryl methyl sites for hydroxylation is 3. The zero-order valence-electron chi connectivity index (χ0n) is 12.0. The van der Waals surface area contributed by atoms with Crippen LogP contribution >= 0.6 is 11.6 Å². The summed E-state index contributed by atoms with van der Waals surface area (Å²) in [4.78, 5) is 12.1. The maximum absolute atomic E-state index is 12.1. The summed E-state index contributed by atoms with van der Waals surface area (Å²) in [5.74, 6) is -0.143. The molecule has 1 aromatic carbocycles. The molecular formula is C15H22ClNO. The first-order valence-electron chi connectivity index (χ1n) is 6.15. The summed E-state index contributed by atoms with van der Waals surface area (Å²) in [5.41, 5.74) is 4.06. The van der Waals surface area contributed by atoms with Crippen molar-refractivity contribution >= 4 is 17.5 Å². The summed E-state index contributed by atoms with van der Waals surface area (Å²) < 4.78 is 0. The van der Waals surface area contributed by atoms with Crippen molar-refractivity contribution < 1.29 is 4.79 Å². The third-order valence-electron chi connectivity index (χ3n) is 2.88. The Kier molecular flexibility index (Phi) is 4.44. The molecule has 1 amide bonds. The van der Waals surface area contributed by atoms with Crippen LogP contribution in [-0.2, 0) is 4.79 Å². The van der Waals surface area contributed by atoms with Gasteiger partial charge in [-0.2, -0.15) is 0 Å². The van der Waals surface area contributed by atoms with E-state index in [0.717, 1.165) is 16.7 Å². The molecule has 0 saturated heterocycles. The van der Waals surface area contributed by atoms with Crippen molar-refractivity contribution in [1.29, 1.82) is 0 Å². The molecule has 1 unspecified atom stereocenters. The first-order valence-corrected chi connectivity index (χ1v) is 6.59. The highest BCUT2D eigenvalue weighted by Crippen LogP contribution is 2.27. The fourth-order valence-corrected chi connectivity index (χ4v) is 2.12. The number of nitrogens with one attached hydrogen (secondary N) is 1. The molecule has 0 aliphatic heterocycles. The first-order chi connectivity index (χ1) is 8.11. The minimum atomic E-state index is -0.636. The number of amides is 1. The molecule has 0 aliphatic rings. The van der Waals surface area contributed by atoms with E-state index in [9.17, 15) is 4.79 Å². The summed E-state index contributed by atoms with van der Waals surface area (Å²) in [6, 6.07) is 4.08. The van der Waals surface area contributed by atoms with Crippen LogP contribution < -0.4 is 5.32 Å². The molecule has 2 nitrogen and oxygen atoms in total. The first kappa shape index (κ1) is 15.0. The molecule has 0 radical (unpaired) electrons. The molecule has 0 aliphatic carbocycles. The number of halogens is 1. The Balaban J connectivity index is 3.01. The predicted octanol–water partition coefficient (Wildman–Crippen LogP) is 3.81. The smallest absolute Gasteiger partial charge is 0.243 e. The maximum atomic E-state index is 12.1. The third kappa shape index (κ3) is 3.74. The van der Waals surface area contributed by atoms with E-state index >= 15 is 0 Å². The average Bonchev–Trinajstić information content (AvgIpc) is 2.20. The lowest BCUT2D eigenvalue weighted by Gasteiger charge is -2.23. The molecule has 1 rings (SSSR count). The van der Waals surface area contributed by atoms with Gasteiger partial charge in [-0.25, -0.2) is 0 Å². The van der Waals surface area contributed by atoms with Crippen molar-refractivity contribution in [2.75, 3.05) is 0 Å². The normalized spacial score (nSPS) is 13.3. The molecule has 0 heterocycles. The minimum Gasteiger partial charge on any atom is -0.350 e. The summed E-state index contributed by atoms with van der Waals surface area (Å²) >= 11 is 6.28. The van der Waals surface area contributed by atoms with Gasteiger partial charge in [0.1, 0.15) is 5.38 Å². The second kappa shape index (κ2) is 5.31. The van der Waals surface area contributed by atoms with Crippen molar-refractivity contribution in [1.82, 2.24) is 5.32 Å². The van der Waals surface area contributed by atoms with Gasteiger partial charge >= 0.3 is 0 Å². The molecular weight excluding hydrogens is 246 g/mol. The largest absolute Gasteiger partial charge is 0.350 e. The van der Waals surface area contributed by atoms with Crippen LogP contribution in [0, 0.1) is 20.8 Å². The molecule has 1 atom stereocenters. The van der Waals surface area contributed by atoms with E-state index in [-0.39, 0.29) is 11.4 Å². The van der Waals surface area contributed by atoms with E-state index in [1.54, 1.807) is 0 Å². The summed E-state index contributed by atoms with van der Waals surface area (Å²) in [6.45, 7) is 11.9. The number of hydrogen-bond acceptors (Lipinski definition) is 1. The fourth-order valence-electron chi connectivity index (χ4n) is 1.83. The van der Waals surface area contributed by atoms with E-state index in [2.05, 4.69) is 18.3 Å². The van der Waals surface area contributed by atoms with E-state index in [4.69, 9.17) is 11.6 Å². The number of alkyl halides is 1. The van der Waals surface area contributed by atoms with Crippen molar-refractivity contribution in [3.8, 4) is 0 Å². The summed E-state index contributed by atoms with van der Waals surface area (Å²) in [7, 11) is 0. The number of hydrogen-bond donors (Lipinski definition) is 1. The Hall–Kier alpha value is -1.02. The highest BCUT2D eigenvalue weighted by atomic mass is 35.5. The molecule has 0 aromatic heterocycles. The fraction of sp³-hybridized carbons (Fsp3) is 0.533. The molecule has 0 saturated carbocycles. The second-order valence-corrected chi connectivity index (χ2v) is 6.33. The number of rotatable bonds is 2. The molecule has 0 fully saturated rings. The van der Waals surface area contributed by atoms with Crippen molar-refractivity contribution in [2.24, 2.45) is 0 Å². The van der Waals surface area contributed by atoms with Crippen LogP contribution in [-0.4, -0.2) is 11.4 Å². The van der Waals surface area contributed by atoms with Crippen LogP contribution in [0.1, 0.15) is 48.4 Å². The van der Waals surface area contributed by atoms with Crippen LogP contribution in [0.25, 0.3) is 0 Å². The molecule has 100 valence electrons. The maximum Gasteiger partial charge on any atom is 0.243 e. The Morgan fingerprint density at radius 3 is 2.11 bits per heavy atom. The molecule has 3 heteroatoms. The van der Waals surface area contributed by atoms with Gasteiger partial charge in [-0.3, -0.25) is 4.79 Å². The van der Waals surface area contributed by atoms with E-state index in [1.165, 1.54) is 5.56 Å².